The quantitative estimate of drug-likeness (QED) is 0.128. The number of halogens is 1. The number of hydrogen-bond donors (Lipinski definition) is 1. The van der Waals surface area contributed by atoms with E-state index in [1.807, 2.05) is 60.0 Å². The number of aliphatic imine (C=N–C) groups is 1. The molecule has 13 heteroatoms. The van der Waals surface area contributed by atoms with E-state index in [1.165, 1.54) is 0 Å². The number of ketones is 1. The first-order valence-electron chi connectivity index (χ1n) is 18.0. The van der Waals surface area contributed by atoms with Crippen molar-refractivity contribution in [1.29, 1.82) is 0 Å². The molecular weight excluding hydrogens is 696 g/mol. The normalized spacial score (nSPS) is 17.9. The predicted octanol–water partition coefficient (Wildman–Crippen LogP) is 6.07. The van der Waals surface area contributed by atoms with Crippen LogP contribution in [0.25, 0.3) is 5.69 Å². The third kappa shape index (κ3) is 7.28. The van der Waals surface area contributed by atoms with Crippen LogP contribution in [0.1, 0.15) is 113 Å². The average molecular weight is 735 g/mol. The maximum absolute atomic E-state index is 13.4. The molecule has 2 atom stereocenters. The molecule has 0 aliphatic carbocycles. The minimum atomic E-state index is -0.976. The number of benzene rings is 3. The first-order chi connectivity index (χ1) is 25.6. The van der Waals surface area contributed by atoms with E-state index >= 15 is 0 Å². The van der Waals surface area contributed by atoms with E-state index in [1.54, 1.807) is 19.1 Å². The lowest BCUT2D eigenvalue weighted by molar-refractivity contribution is -0.136. The van der Waals surface area contributed by atoms with Crippen molar-refractivity contribution in [2.45, 2.75) is 83.7 Å². The van der Waals surface area contributed by atoms with Crippen LogP contribution in [0.2, 0.25) is 5.02 Å². The molecule has 4 amide bonds. The molecular formula is C40H39ClN6O6. The molecule has 0 saturated carbocycles. The van der Waals surface area contributed by atoms with Gasteiger partial charge in [0.1, 0.15) is 29.4 Å². The molecule has 1 N–H and O–H groups in total. The molecule has 3 aliphatic rings. The molecule has 272 valence electrons. The van der Waals surface area contributed by atoms with Gasteiger partial charge in [-0.05, 0) is 81.5 Å². The fraction of sp³-hybridized carbons (Fsp3) is 0.350. The van der Waals surface area contributed by atoms with Crippen molar-refractivity contribution in [1.82, 2.24) is 25.0 Å². The summed E-state index contributed by atoms with van der Waals surface area (Å²) in [6, 6.07) is 17.1. The molecule has 12 nitrogen and oxygen atoms in total. The summed E-state index contributed by atoms with van der Waals surface area (Å²) in [5.41, 5.74) is 4.75. The highest BCUT2D eigenvalue weighted by atomic mass is 35.5. The predicted molar refractivity (Wildman–Crippen MR) is 197 cm³/mol. The highest BCUT2D eigenvalue weighted by Crippen LogP contribution is 2.35. The third-order valence-electron chi connectivity index (χ3n) is 9.91. The fourth-order valence-corrected chi connectivity index (χ4v) is 7.47. The number of rotatable bonds is 13. The summed E-state index contributed by atoms with van der Waals surface area (Å²) in [6.07, 6.45) is 5.59. The Labute approximate surface area is 311 Å². The molecule has 0 bridgehead atoms. The lowest BCUT2D eigenvalue weighted by atomic mass is 9.97. The Kier molecular flexibility index (Phi) is 10.3. The van der Waals surface area contributed by atoms with Crippen LogP contribution in [-0.2, 0) is 20.8 Å². The topological polar surface area (TPSA) is 153 Å². The largest absolute Gasteiger partial charge is 0.494 e. The first kappa shape index (κ1) is 35.9. The number of nitrogens with zero attached hydrogens (tertiary/aromatic N) is 5. The van der Waals surface area contributed by atoms with Gasteiger partial charge in [0.15, 0.2) is 5.82 Å². The number of nitrogens with one attached hydrogen (secondary N) is 1. The van der Waals surface area contributed by atoms with Crippen LogP contribution >= 0.6 is 11.6 Å². The number of imide groups is 2. The number of Topliss-reactive ketones (excluding diaryl/α,β-unsaturated/α-hetero) is 1. The number of ether oxygens (including phenoxy) is 1. The van der Waals surface area contributed by atoms with Crippen molar-refractivity contribution in [3.05, 3.63) is 105 Å². The zero-order valence-electron chi connectivity index (χ0n) is 29.6. The SMILES string of the molecule is CC(=O)C[C@@H]1N=C(c2ccc(Cl)cc2)c2cc(OCCCCCCCc3cccc4c3C(=O)N(C3CCC(=O)NC3=O)C4=O)ccc2-n2c(C)nnc21. The van der Waals surface area contributed by atoms with E-state index in [0.29, 0.717) is 46.6 Å². The number of carbonyl (C=O) groups excluding carboxylic acids is 5. The number of unbranched alkanes of at least 4 members (excludes halogenated alkanes) is 4. The van der Waals surface area contributed by atoms with Crippen LogP contribution < -0.4 is 10.1 Å². The lowest BCUT2D eigenvalue weighted by Gasteiger charge is -2.27. The Balaban J connectivity index is 0.959. The molecule has 0 spiro atoms. The minimum Gasteiger partial charge on any atom is -0.494 e. The molecule has 7 rings (SSSR count). The van der Waals surface area contributed by atoms with Gasteiger partial charge in [-0.15, -0.1) is 10.2 Å². The van der Waals surface area contributed by atoms with E-state index in [-0.39, 0.29) is 25.0 Å². The molecule has 0 radical (unpaired) electrons. The minimum absolute atomic E-state index is 0.00456. The van der Waals surface area contributed by atoms with Gasteiger partial charge in [-0.25, -0.2) is 0 Å². The van der Waals surface area contributed by atoms with Gasteiger partial charge in [0.25, 0.3) is 11.8 Å². The number of aromatic nitrogens is 3. The Hall–Kier alpha value is -5.49. The van der Waals surface area contributed by atoms with Crippen molar-refractivity contribution >= 4 is 46.7 Å². The lowest BCUT2D eigenvalue weighted by Crippen LogP contribution is -2.54. The number of aryl methyl sites for hydroxylation is 2. The smallest absolute Gasteiger partial charge is 0.262 e. The van der Waals surface area contributed by atoms with Gasteiger partial charge in [-0.3, -0.25) is 43.7 Å². The van der Waals surface area contributed by atoms with Gasteiger partial charge in [0.2, 0.25) is 11.8 Å². The summed E-state index contributed by atoms with van der Waals surface area (Å²) in [5, 5.41) is 11.6. The van der Waals surface area contributed by atoms with Crippen molar-refractivity contribution in [3.8, 4) is 11.4 Å². The molecule has 4 aromatic rings. The third-order valence-corrected chi connectivity index (χ3v) is 10.2. The van der Waals surface area contributed by atoms with Gasteiger partial charge in [-0.1, -0.05) is 55.1 Å². The van der Waals surface area contributed by atoms with Crippen LogP contribution in [-0.4, -0.2) is 67.4 Å². The number of carbonyl (C=O) groups is 5. The zero-order valence-corrected chi connectivity index (χ0v) is 30.3. The van der Waals surface area contributed by atoms with E-state index in [4.69, 9.17) is 21.3 Å². The van der Waals surface area contributed by atoms with Gasteiger partial charge in [0, 0.05) is 29.0 Å². The summed E-state index contributed by atoms with van der Waals surface area (Å²) >= 11 is 6.22. The number of fused-ring (bicyclic) bond motifs is 4. The summed E-state index contributed by atoms with van der Waals surface area (Å²) in [5.74, 6) is 0.0523. The number of piperidine rings is 1. The summed E-state index contributed by atoms with van der Waals surface area (Å²) in [7, 11) is 0. The molecule has 1 fully saturated rings. The van der Waals surface area contributed by atoms with Crippen molar-refractivity contribution in [2.24, 2.45) is 4.99 Å². The zero-order chi connectivity index (χ0) is 37.2. The highest BCUT2D eigenvalue weighted by Gasteiger charge is 2.45. The Morgan fingerprint density at radius 3 is 2.47 bits per heavy atom. The summed E-state index contributed by atoms with van der Waals surface area (Å²) in [4.78, 5) is 69.0. The van der Waals surface area contributed by atoms with Crippen LogP contribution in [0.3, 0.4) is 0 Å². The Bertz CT molecular complexity index is 2160. The highest BCUT2D eigenvalue weighted by molar-refractivity contribution is 6.30. The van der Waals surface area contributed by atoms with E-state index < -0.39 is 35.7 Å². The molecule has 3 aliphatic heterocycles. The van der Waals surface area contributed by atoms with Crippen LogP contribution in [0.5, 0.6) is 5.75 Å². The van der Waals surface area contributed by atoms with Crippen molar-refractivity contribution in [2.75, 3.05) is 6.61 Å². The number of hydrogen-bond acceptors (Lipinski definition) is 9. The molecule has 1 saturated heterocycles. The van der Waals surface area contributed by atoms with E-state index in [2.05, 4.69) is 15.5 Å². The van der Waals surface area contributed by atoms with Crippen molar-refractivity contribution in [3.63, 3.8) is 0 Å². The average Bonchev–Trinajstić information content (AvgIpc) is 3.59. The second-order valence-electron chi connectivity index (χ2n) is 13.7. The molecule has 3 aromatic carbocycles. The monoisotopic (exact) mass is 734 g/mol. The van der Waals surface area contributed by atoms with E-state index in [0.717, 1.165) is 65.1 Å². The van der Waals surface area contributed by atoms with E-state index in [9.17, 15) is 24.0 Å². The first-order valence-corrected chi connectivity index (χ1v) is 18.3. The van der Waals surface area contributed by atoms with Gasteiger partial charge < -0.3 is 4.74 Å². The second kappa shape index (κ2) is 15.2. The molecule has 1 unspecified atom stereocenters. The van der Waals surface area contributed by atoms with Gasteiger partial charge in [-0.2, -0.15) is 0 Å². The molecule has 1 aromatic heterocycles. The fourth-order valence-electron chi connectivity index (χ4n) is 7.34. The van der Waals surface area contributed by atoms with Crippen molar-refractivity contribution < 1.29 is 28.7 Å². The Morgan fingerprint density at radius 1 is 0.925 bits per heavy atom. The second-order valence-corrected chi connectivity index (χ2v) is 14.1. The standard InChI is InChI=1S/C40H39ClN6O6/c1-23(48)21-31-37-45-44-24(2)46(37)32-17-16-28(22-30(32)36(42-31)26-12-14-27(41)15-13-26)53-20-7-5-3-4-6-9-25-10-8-11-29-35(25)40(52)47(39(29)51)33-18-19-34(49)43-38(33)50/h8,10-17,22,31,33H,3-7,9,18-21H2,1-2H3,(H,43,49,50)/t31-,33?/m0/s1. The van der Waals surface area contributed by atoms with Gasteiger partial charge in [0.05, 0.1) is 29.1 Å². The van der Waals surface area contributed by atoms with Crippen LogP contribution in [0.15, 0.2) is 65.7 Å². The van der Waals surface area contributed by atoms with Crippen LogP contribution in [0.4, 0.5) is 0 Å². The van der Waals surface area contributed by atoms with Crippen LogP contribution in [0, 0.1) is 6.92 Å². The maximum atomic E-state index is 13.4. The molecule has 53 heavy (non-hydrogen) atoms. The maximum Gasteiger partial charge on any atom is 0.262 e. The summed E-state index contributed by atoms with van der Waals surface area (Å²) in [6.45, 7) is 3.96. The van der Waals surface area contributed by atoms with Gasteiger partial charge >= 0.3 is 0 Å². The summed E-state index contributed by atoms with van der Waals surface area (Å²) < 4.78 is 8.20. The molecule has 4 heterocycles. The Morgan fingerprint density at radius 2 is 1.70 bits per heavy atom. The number of amides is 4.